The van der Waals surface area contributed by atoms with Crippen molar-refractivity contribution in [2.24, 2.45) is 5.73 Å². The summed E-state index contributed by atoms with van der Waals surface area (Å²) in [7, 11) is 0. The standard InChI is InChI=1S/C12H13N5/c13-7-6-11-14-8-12-16(9-15-17(11)12)10-4-2-1-3-5-10/h1-5,8-9H,6-7,13H2. The average molecular weight is 227 g/mol. The lowest BCUT2D eigenvalue weighted by Gasteiger charge is -2.00. The Balaban J connectivity index is 2.13. The van der Waals surface area contributed by atoms with Crippen molar-refractivity contribution in [3.63, 3.8) is 0 Å². The predicted octanol–water partition coefficient (Wildman–Crippen LogP) is 1.02. The van der Waals surface area contributed by atoms with Crippen LogP contribution in [-0.2, 0) is 6.42 Å². The van der Waals surface area contributed by atoms with Gasteiger partial charge >= 0.3 is 0 Å². The quantitative estimate of drug-likeness (QED) is 0.726. The molecule has 0 saturated heterocycles. The normalized spacial score (nSPS) is 11.1. The Kier molecular flexibility index (Phi) is 2.38. The summed E-state index contributed by atoms with van der Waals surface area (Å²) < 4.78 is 3.84. The zero-order valence-electron chi connectivity index (χ0n) is 9.32. The fourth-order valence-corrected chi connectivity index (χ4v) is 1.91. The highest BCUT2D eigenvalue weighted by Crippen LogP contribution is 2.13. The minimum absolute atomic E-state index is 0.581. The Morgan fingerprint density at radius 3 is 2.76 bits per heavy atom. The van der Waals surface area contributed by atoms with Crippen LogP contribution in [0.4, 0.5) is 0 Å². The molecule has 0 aliphatic rings. The summed E-state index contributed by atoms with van der Waals surface area (Å²) in [6, 6.07) is 10.1. The molecule has 0 amide bonds. The molecule has 3 rings (SSSR count). The van der Waals surface area contributed by atoms with Crippen LogP contribution in [0, 0.1) is 0 Å². The topological polar surface area (TPSA) is 61.1 Å². The molecule has 0 radical (unpaired) electrons. The molecule has 0 spiro atoms. The van der Waals surface area contributed by atoms with Crippen molar-refractivity contribution in [2.45, 2.75) is 6.42 Å². The molecule has 2 aromatic heterocycles. The minimum atomic E-state index is 0.581. The largest absolute Gasteiger partial charge is 0.330 e. The van der Waals surface area contributed by atoms with E-state index in [0.29, 0.717) is 6.54 Å². The Hall–Kier alpha value is -2.14. The lowest BCUT2D eigenvalue weighted by Crippen LogP contribution is -2.06. The third kappa shape index (κ3) is 1.60. The van der Waals surface area contributed by atoms with Crippen molar-refractivity contribution in [3.05, 3.63) is 48.7 Å². The van der Waals surface area contributed by atoms with Gasteiger partial charge in [-0.2, -0.15) is 9.61 Å². The van der Waals surface area contributed by atoms with Crippen molar-refractivity contribution >= 4 is 5.65 Å². The van der Waals surface area contributed by atoms with Gasteiger partial charge in [0.05, 0.1) is 6.20 Å². The second-order valence-electron chi connectivity index (χ2n) is 3.82. The first-order valence-corrected chi connectivity index (χ1v) is 5.55. The van der Waals surface area contributed by atoms with Gasteiger partial charge in [0.1, 0.15) is 12.2 Å². The van der Waals surface area contributed by atoms with E-state index < -0.39 is 0 Å². The predicted molar refractivity (Wildman–Crippen MR) is 65.1 cm³/mol. The zero-order valence-corrected chi connectivity index (χ0v) is 9.32. The number of nitrogens with zero attached hydrogens (tertiary/aromatic N) is 4. The van der Waals surface area contributed by atoms with Crippen molar-refractivity contribution < 1.29 is 0 Å². The molecule has 0 fully saturated rings. The van der Waals surface area contributed by atoms with Crippen LogP contribution in [0.5, 0.6) is 0 Å². The van der Waals surface area contributed by atoms with Gasteiger partial charge in [-0.3, -0.25) is 4.57 Å². The number of para-hydroxylation sites is 1. The maximum Gasteiger partial charge on any atom is 0.160 e. The van der Waals surface area contributed by atoms with Gasteiger partial charge in [0.2, 0.25) is 0 Å². The molecule has 17 heavy (non-hydrogen) atoms. The summed E-state index contributed by atoms with van der Waals surface area (Å²) in [5.41, 5.74) is 7.58. The Labute approximate surface area is 98.5 Å². The van der Waals surface area contributed by atoms with E-state index in [1.165, 1.54) is 0 Å². The number of rotatable bonds is 3. The molecule has 5 heteroatoms. The smallest absolute Gasteiger partial charge is 0.160 e. The van der Waals surface area contributed by atoms with Gasteiger partial charge < -0.3 is 5.73 Å². The second-order valence-corrected chi connectivity index (χ2v) is 3.82. The van der Waals surface area contributed by atoms with Gasteiger partial charge in [-0.1, -0.05) is 18.2 Å². The molecule has 0 aliphatic heterocycles. The van der Waals surface area contributed by atoms with Crippen LogP contribution in [0.2, 0.25) is 0 Å². The number of hydrogen-bond acceptors (Lipinski definition) is 3. The monoisotopic (exact) mass is 227 g/mol. The lowest BCUT2D eigenvalue weighted by molar-refractivity contribution is 0.806. The van der Waals surface area contributed by atoms with Crippen LogP contribution < -0.4 is 5.73 Å². The molecule has 3 aromatic rings. The van der Waals surface area contributed by atoms with Crippen molar-refractivity contribution in [1.82, 2.24) is 19.2 Å². The summed E-state index contributed by atoms with van der Waals surface area (Å²) in [5, 5.41) is 4.34. The van der Waals surface area contributed by atoms with E-state index >= 15 is 0 Å². The Bertz CT molecular complexity index is 623. The van der Waals surface area contributed by atoms with Crippen molar-refractivity contribution in [3.8, 4) is 5.69 Å². The van der Waals surface area contributed by atoms with Gasteiger partial charge in [-0.05, 0) is 18.7 Å². The lowest BCUT2D eigenvalue weighted by atomic mass is 10.3. The SMILES string of the molecule is NCCc1ncc2n(-c3ccccc3)cnn12. The molecule has 0 unspecified atom stereocenters. The van der Waals surface area contributed by atoms with Crippen LogP contribution in [0.15, 0.2) is 42.9 Å². The first kappa shape index (κ1) is 10.0. The molecule has 0 bridgehead atoms. The highest BCUT2D eigenvalue weighted by atomic mass is 15.4. The number of nitrogens with two attached hydrogens (primary N) is 1. The van der Waals surface area contributed by atoms with E-state index in [1.807, 2.05) is 45.6 Å². The van der Waals surface area contributed by atoms with Crippen LogP contribution in [0.3, 0.4) is 0 Å². The number of imidazole rings is 1. The summed E-state index contributed by atoms with van der Waals surface area (Å²) in [6.07, 6.45) is 4.36. The highest BCUT2D eigenvalue weighted by Gasteiger charge is 2.09. The summed E-state index contributed by atoms with van der Waals surface area (Å²) in [6.45, 7) is 0.581. The third-order valence-corrected chi connectivity index (χ3v) is 2.72. The zero-order chi connectivity index (χ0) is 11.7. The second kappa shape index (κ2) is 4.03. The van der Waals surface area contributed by atoms with Gasteiger partial charge in [-0.25, -0.2) is 4.98 Å². The van der Waals surface area contributed by atoms with E-state index in [0.717, 1.165) is 23.6 Å². The Morgan fingerprint density at radius 1 is 1.18 bits per heavy atom. The summed E-state index contributed by atoms with van der Waals surface area (Å²) >= 11 is 0. The number of fused-ring (bicyclic) bond motifs is 1. The van der Waals surface area contributed by atoms with E-state index in [1.54, 1.807) is 6.33 Å². The fourth-order valence-electron chi connectivity index (χ4n) is 1.91. The van der Waals surface area contributed by atoms with Crippen LogP contribution in [0.25, 0.3) is 11.3 Å². The number of aromatic nitrogens is 4. The maximum absolute atomic E-state index is 5.54. The Morgan fingerprint density at radius 2 is 2.00 bits per heavy atom. The van der Waals surface area contributed by atoms with Crippen LogP contribution in [-0.4, -0.2) is 25.7 Å². The minimum Gasteiger partial charge on any atom is -0.330 e. The molecular weight excluding hydrogens is 214 g/mol. The molecule has 2 heterocycles. The number of benzene rings is 1. The van der Waals surface area contributed by atoms with E-state index in [4.69, 9.17) is 5.73 Å². The summed E-state index contributed by atoms with van der Waals surface area (Å²) in [4.78, 5) is 4.33. The van der Waals surface area contributed by atoms with Gasteiger partial charge in [0, 0.05) is 12.1 Å². The van der Waals surface area contributed by atoms with E-state index in [9.17, 15) is 0 Å². The molecule has 1 aromatic carbocycles. The molecule has 0 saturated carbocycles. The van der Waals surface area contributed by atoms with Gasteiger partial charge in [0.15, 0.2) is 5.65 Å². The molecular formula is C12H13N5. The molecule has 0 atom stereocenters. The third-order valence-electron chi connectivity index (χ3n) is 2.72. The molecule has 0 aliphatic carbocycles. The van der Waals surface area contributed by atoms with Crippen molar-refractivity contribution in [2.75, 3.05) is 6.54 Å². The van der Waals surface area contributed by atoms with E-state index in [2.05, 4.69) is 10.1 Å². The maximum atomic E-state index is 5.54. The van der Waals surface area contributed by atoms with Crippen LogP contribution in [0.1, 0.15) is 5.82 Å². The van der Waals surface area contributed by atoms with Crippen molar-refractivity contribution in [1.29, 1.82) is 0 Å². The molecule has 2 N–H and O–H groups in total. The van der Waals surface area contributed by atoms with Gasteiger partial charge in [0.25, 0.3) is 0 Å². The highest BCUT2D eigenvalue weighted by molar-refractivity contribution is 5.47. The fraction of sp³-hybridized carbons (Fsp3) is 0.167. The first-order chi connectivity index (χ1) is 8.40. The van der Waals surface area contributed by atoms with Gasteiger partial charge in [-0.15, -0.1) is 0 Å². The average Bonchev–Trinajstić information content (AvgIpc) is 2.94. The first-order valence-electron chi connectivity index (χ1n) is 5.55. The van der Waals surface area contributed by atoms with Crippen LogP contribution >= 0.6 is 0 Å². The summed E-state index contributed by atoms with van der Waals surface area (Å²) in [5.74, 6) is 0.900. The molecule has 5 nitrogen and oxygen atoms in total. The molecule has 86 valence electrons. The number of hydrogen-bond donors (Lipinski definition) is 1. The van der Waals surface area contributed by atoms with E-state index in [-0.39, 0.29) is 0 Å².